The fourth-order valence-electron chi connectivity index (χ4n) is 2.94. The lowest BCUT2D eigenvalue weighted by atomic mass is 10.0. The van der Waals surface area contributed by atoms with Gasteiger partial charge in [0.1, 0.15) is 5.78 Å². The predicted octanol–water partition coefficient (Wildman–Crippen LogP) is 4.24. The molecule has 0 spiro atoms. The Kier molecular flexibility index (Phi) is 12.8. The van der Waals surface area contributed by atoms with Crippen molar-refractivity contribution in [3.05, 3.63) is 12.2 Å². The molecule has 0 aromatic heterocycles. The highest BCUT2D eigenvalue weighted by molar-refractivity contribution is 5.89. The summed E-state index contributed by atoms with van der Waals surface area (Å²) in [5, 5.41) is 9.39. The zero-order valence-electron chi connectivity index (χ0n) is 16.1. The molecule has 140 valence electrons. The maximum absolute atomic E-state index is 10.8. The Labute approximate surface area is 147 Å². The van der Waals surface area contributed by atoms with E-state index in [1.807, 2.05) is 13.0 Å². The third-order valence-corrected chi connectivity index (χ3v) is 3.96. The highest BCUT2D eigenvalue weighted by Crippen LogP contribution is 2.38. The molecule has 0 amide bonds. The van der Waals surface area contributed by atoms with E-state index in [4.69, 9.17) is 4.74 Å². The van der Waals surface area contributed by atoms with Gasteiger partial charge in [-0.3, -0.25) is 4.79 Å². The van der Waals surface area contributed by atoms with Crippen LogP contribution in [0.4, 0.5) is 0 Å². The first-order valence-corrected chi connectivity index (χ1v) is 9.31. The molecule has 1 heterocycles. The van der Waals surface area contributed by atoms with Gasteiger partial charge >= 0.3 is 0 Å². The number of rotatable bonds is 5. The van der Waals surface area contributed by atoms with E-state index in [2.05, 4.69) is 13.8 Å². The maximum atomic E-state index is 10.8. The summed E-state index contributed by atoms with van der Waals surface area (Å²) in [6, 6.07) is 0. The minimum Gasteiger partial charge on any atom is -0.390 e. The molecule has 4 unspecified atom stereocenters. The van der Waals surface area contributed by atoms with Crippen LogP contribution >= 0.6 is 0 Å². The van der Waals surface area contributed by atoms with Crippen LogP contribution in [-0.4, -0.2) is 35.0 Å². The minimum atomic E-state index is -0.171. The van der Waals surface area contributed by atoms with Gasteiger partial charge in [-0.15, -0.1) is 0 Å². The standard InChI is InChI=1S/C9H16O.C8H14O2.C3H6O/c1-3-5-6-8-9(10)7-4-2;1-5-4-6-2-3-7(9)8(6)10-5;1-3(2)4/h6,8H,3-5,7H2,1-2H3;5-9H,2-4H2,1H3;1-2H3/b8-6-;;. The third kappa shape index (κ3) is 10.7. The van der Waals surface area contributed by atoms with Crippen molar-refractivity contribution in [3.8, 4) is 0 Å². The normalized spacial score (nSPS) is 27.8. The van der Waals surface area contributed by atoms with Crippen molar-refractivity contribution in [2.24, 2.45) is 5.92 Å². The smallest absolute Gasteiger partial charge is 0.155 e. The van der Waals surface area contributed by atoms with Crippen LogP contribution in [0.15, 0.2) is 12.2 Å². The van der Waals surface area contributed by atoms with Crippen molar-refractivity contribution in [1.29, 1.82) is 0 Å². The van der Waals surface area contributed by atoms with Gasteiger partial charge in [-0.1, -0.05) is 26.3 Å². The average Bonchev–Trinajstić information content (AvgIpc) is 3.01. The molecule has 4 heteroatoms. The van der Waals surface area contributed by atoms with E-state index >= 15 is 0 Å². The second kappa shape index (κ2) is 13.3. The number of fused-ring (bicyclic) bond motifs is 1. The Bertz CT molecular complexity index is 385. The number of allylic oxidation sites excluding steroid dienone is 2. The zero-order chi connectivity index (χ0) is 18.5. The predicted molar refractivity (Wildman–Crippen MR) is 98.0 cm³/mol. The SMILES string of the molecule is CC(C)=O.CC1CC2CCC(O)C2O1.CCC/C=C\C(=O)CCC. The van der Waals surface area contributed by atoms with Crippen LogP contribution in [0.25, 0.3) is 0 Å². The number of ketones is 2. The molecule has 1 saturated heterocycles. The van der Waals surface area contributed by atoms with Gasteiger partial charge in [-0.25, -0.2) is 0 Å². The Morgan fingerprint density at radius 2 is 1.79 bits per heavy atom. The summed E-state index contributed by atoms with van der Waals surface area (Å²) >= 11 is 0. The molecule has 1 saturated carbocycles. The maximum Gasteiger partial charge on any atom is 0.155 e. The van der Waals surface area contributed by atoms with E-state index in [1.165, 1.54) is 13.8 Å². The lowest BCUT2D eigenvalue weighted by molar-refractivity contribution is -0.115. The number of unbranched alkanes of at least 4 members (excludes halogenated alkanes) is 1. The molecule has 0 bridgehead atoms. The van der Waals surface area contributed by atoms with Crippen molar-refractivity contribution in [3.63, 3.8) is 0 Å². The number of carbonyl (C=O) groups excluding carboxylic acids is 2. The van der Waals surface area contributed by atoms with Crippen molar-refractivity contribution in [1.82, 2.24) is 0 Å². The fourth-order valence-corrected chi connectivity index (χ4v) is 2.94. The molecule has 1 N–H and O–H groups in total. The Morgan fingerprint density at radius 3 is 2.29 bits per heavy atom. The van der Waals surface area contributed by atoms with E-state index in [1.54, 1.807) is 6.08 Å². The highest BCUT2D eigenvalue weighted by atomic mass is 16.5. The first-order chi connectivity index (χ1) is 11.3. The summed E-state index contributed by atoms with van der Waals surface area (Å²) in [4.78, 5) is 20.3. The molecular weight excluding hydrogens is 304 g/mol. The van der Waals surface area contributed by atoms with Crippen LogP contribution in [0.5, 0.6) is 0 Å². The fraction of sp³-hybridized carbons (Fsp3) is 0.800. The topological polar surface area (TPSA) is 63.6 Å². The van der Waals surface area contributed by atoms with Gasteiger partial charge < -0.3 is 14.6 Å². The second-order valence-corrected chi connectivity index (χ2v) is 6.87. The number of Topliss-reactive ketones (excluding diaryl/α,β-unsaturated/α-hetero) is 1. The van der Waals surface area contributed by atoms with E-state index in [9.17, 15) is 14.7 Å². The molecule has 4 nitrogen and oxygen atoms in total. The summed E-state index contributed by atoms with van der Waals surface area (Å²) in [5.41, 5.74) is 0. The number of ether oxygens (including phenoxy) is 1. The molecule has 2 fully saturated rings. The number of carbonyl (C=O) groups is 2. The molecule has 4 atom stereocenters. The Hall–Kier alpha value is -1.00. The van der Waals surface area contributed by atoms with E-state index in [0.717, 1.165) is 38.5 Å². The monoisotopic (exact) mass is 340 g/mol. The molecule has 0 radical (unpaired) electrons. The molecule has 0 aromatic rings. The molecule has 2 aliphatic rings. The van der Waals surface area contributed by atoms with Gasteiger partial charge in [0.25, 0.3) is 0 Å². The minimum absolute atomic E-state index is 0.167. The largest absolute Gasteiger partial charge is 0.390 e. The third-order valence-electron chi connectivity index (χ3n) is 3.96. The molecule has 1 aliphatic carbocycles. The number of hydrogen-bond acceptors (Lipinski definition) is 4. The summed E-state index contributed by atoms with van der Waals surface area (Å²) in [5.74, 6) is 1.08. The van der Waals surface area contributed by atoms with E-state index in [0.29, 0.717) is 18.4 Å². The van der Waals surface area contributed by atoms with Crippen LogP contribution in [0.2, 0.25) is 0 Å². The van der Waals surface area contributed by atoms with Crippen molar-refractivity contribution in [2.45, 2.75) is 97.9 Å². The zero-order valence-corrected chi connectivity index (χ0v) is 16.1. The van der Waals surface area contributed by atoms with Crippen molar-refractivity contribution < 1.29 is 19.4 Å². The molecule has 24 heavy (non-hydrogen) atoms. The van der Waals surface area contributed by atoms with Gasteiger partial charge in [0.2, 0.25) is 0 Å². The molecule has 0 aromatic carbocycles. The van der Waals surface area contributed by atoms with Gasteiger partial charge in [0.15, 0.2) is 5.78 Å². The first kappa shape index (κ1) is 23.0. The Morgan fingerprint density at radius 1 is 1.17 bits per heavy atom. The van der Waals surface area contributed by atoms with Gasteiger partial charge in [0, 0.05) is 6.42 Å². The highest BCUT2D eigenvalue weighted by Gasteiger charge is 2.42. The van der Waals surface area contributed by atoms with Crippen LogP contribution < -0.4 is 0 Å². The summed E-state index contributed by atoms with van der Waals surface area (Å²) < 4.78 is 5.55. The molecule has 1 aliphatic heterocycles. The van der Waals surface area contributed by atoms with Crippen molar-refractivity contribution in [2.75, 3.05) is 0 Å². The molecular formula is C20H36O4. The molecule has 2 rings (SSSR count). The number of aliphatic hydroxyl groups excluding tert-OH is 1. The quantitative estimate of drug-likeness (QED) is 0.760. The van der Waals surface area contributed by atoms with Crippen molar-refractivity contribution >= 4 is 11.6 Å². The summed E-state index contributed by atoms with van der Waals surface area (Å²) in [6.07, 6.45) is 11.1. The second-order valence-electron chi connectivity index (χ2n) is 6.87. The average molecular weight is 341 g/mol. The van der Waals surface area contributed by atoms with Gasteiger partial charge in [-0.05, 0) is 64.9 Å². The summed E-state index contributed by atoms with van der Waals surface area (Å²) in [7, 11) is 0. The first-order valence-electron chi connectivity index (χ1n) is 9.31. The lowest BCUT2D eigenvalue weighted by Gasteiger charge is -2.12. The Balaban J connectivity index is 0.000000363. The number of hydrogen-bond donors (Lipinski definition) is 1. The van der Waals surface area contributed by atoms with Gasteiger partial charge in [0.05, 0.1) is 18.3 Å². The van der Waals surface area contributed by atoms with E-state index < -0.39 is 0 Å². The van der Waals surface area contributed by atoms with Crippen LogP contribution in [0.1, 0.15) is 79.6 Å². The summed E-state index contributed by atoms with van der Waals surface area (Å²) in [6.45, 7) is 9.27. The van der Waals surface area contributed by atoms with Crippen LogP contribution in [-0.2, 0) is 14.3 Å². The number of aliphatic hydroxyl groups is 1. The lowest BCUT2D eigenvalue weighted by Crippen LogP contribution is -2.23. The van der Waals surface area contributed by atoms with Gasteiger partial charge in [-0.2, -0.15) is 0 Å². The van der Waals surface area contributed by atoms with Crippen LogP contribution in [0.3, 0.4) is 0 Å². The van der Waals surface area contributed by atoms with Crippen LogP contribution in [0, 0.1) is 5.92 Å². The van der Waals surface area contributed by atoms with E-state index in [-0.39, 0.29) is 23.8 Å².